The molecule has 0 aliphatic carbocycles. The number of halogens is 1. The molecule has 1 aromatic carbocycles. The zero-order chi connectivity index (χ0) is 19.1. The molecule has 0 spiro atoms. The number of carbonyl (C=O) groups is 2. The van der Waals surface area contributed by atoms with Crippen LogP contribution in [-0.4, -0.2) is 54.6 Å². The molecule has 1 heterocycles. The lowest BCUT2D eigenvalue weighted by atomic mass is 10.2. The van der Waals surface area contributed by atoms with Crippen LogP contribution in [0.15, 0.2) is 30.0 Å². The van der Waals surface area contributed by atoms with E-state index in [1.165, 1.54) is 6.20 Å². The van der Waals surface area contributed by atoms with Crippen LogP contribution in [0.25, 0.3) is 0 Å². The summed E-state index contributed by atoms with van der Waals surface area (Å²) in [6, 6.07) is 7.12. The molecule has 1 fully saturated rings. The van der Waals surface area contributed by atoms with Crippen molar-refractivity contribution >= 4 is 29.3 Å². The molecule has 8 heteroatoms. The van der Waals surface area contributed by atoms with Crippen molar-refractivity contribution in [1.29, 1.82) is 5.26 Å². The second kappa shape index (κ2) is 9.11. The number of benzene rings is 1. The van der Waals surface area contributed by atoms with Gasteiger partial charge in [0.25, 0.3) is 5.91 Å². The average molecular weight is 377 g/mol. The Morgan fingerprint density at radius 2 is 2.04 bits per heavy atom. The van der Waals surface area contributed by atoms with Gasteiger partial charge < -0.3 is 19.9 Å². The van der Waals surface area contributed by atoms with Crippen LogP contribution in [0.1, 0.15) is 12.5 Å². The molecule has 0 atom stereocenters. The number of hydrogen-bond acceptors (Lipinski definition) is 5. The predicted octanol–water partition coefficient (Wildman–Crippen LogP) is 2.77. The maximum Gasteiger partial charge on any atom is 0.409 e. The van der Waals surface area contributed by atoms with Crippen molar-refractivity contribution < 1.29 is 14.3 Å². The largest absolute Gasteiger partial charge is 0.450 e. The number of nitrogens with one attached hydrogen (secondary N) is 1. The van der Waals surface area contributed by atoms with Crippen molar-refractivity contribution in [1.82, 2.24) is 9.80 Å². The summed E-state index contributed by atoms with van der Waals surface area (Å²) in [5, 5.41) is 12.6. The molecule has 2 amide bonds. The summed E-state index contributed by atoms with van der Waals surface area (Å²) in [6.07, 6.45) is 1.18. The minimum absolute atomic E-state index is 0.00559. The SMILES string of the molecule is CCOC(=O)N1CCN(/C=C(/C#N)C(=O)Nc2cccc(Cl)c2C)CC1. The van der Waals surface area contributed by atoms with E-state index in [1.54, 1.807) is 36.9 Å². The van der Waals surface area contributed by atoms with Gasteiger partial charge in [-0.25, -0.2) is 4.79 Å². The molecule has 0 radical (unpaired) electrons. The zero-order valence-electron chi connectivity index (χ0n) is 14.8. The maximum atomic E-state index is 12.4. The summed E-state index contributed by atoms with van der Waals surface area (Å²) < 4.78 is 4.97. The van der Waals surface area contributed by atoms with Gasteiger partial charge in [-0.2, -0.15) is 5.26 Å². The van der Waals surface area contributed by atoms with Gasteiger partial charge in [-0.3, -0.25) is 4.79 Å². The quantitative estimate of drug-likeness (QED) is 0.645. The van der Waals surface area contributed by atoms with Crippen LogP contribution in [0, 0.1) is 18.3 Å². The standard InChI is InChI=1S/C18H21ClN4O3/c1-3-26-18(25)23-9-7-22(8-10-23)12-14(11-20)17(24)21-16-6-4-5-15(19)13(16)2/h4-6,12H,3,7-10H2,1-2H3,(H,21,24)/b14-12-. The molecule has 1 saturated heterocycles. The van der Waals surface area contributed by atoms with Gasteiger partial charge in [-0.05, 0) is 31.5 Å². The highest BCUT2D eigenvalue weighted by molar-refractivity contribution is 6.31. The Hall–Kier alpha value is -2.72. The molecule has 1 aromatic rings. The number of amides is 2. The van der Waals surface area contributed by atoms with Crippen LogP contribution in [0.4, 0.5) is 10.5 Å². The Labute approximate surface area is 157 Å². The van der Waals surface area contributed by atoms with E-state index < -0.39 is 5.91 Å². The topological polar surface area (TPSA) is 85.7 Å². The number of nitrogens with zero attached hydrogens (tertiary/aromatic N) is 3. The third-order valence-corrected chi connectivity index (χ3v) is 4.44. The van der Waals surface area contributed by atoms with Crippen LogP contribution in [0.2, 0.25) is 5.02 Å². The number of nitriles is 1. The van der Waals surface area contributed by atoms with Crippen molar-refractivity contribution in [3.05, 3.63) is 40.6 Å². The van der Waals surface area contributed by atoms with Crippen LogP contribution in [0.5, 0.6) is 0 Å². The lowest BCUT2D eigenvalue weighted by Gasteiger charge is -2.33. The van der Waals surface area contributed by atoms with Gasteiger partial charge in [0, 0.05) is 43.1 Å². The summed E-state index contributed by atoms with van der Waals surface area (Å²) in [4.78, 5) is 27.5. The van der Waals surface area contributed by atoms with E-state index in [0.29, 0.717) is 43.5 Å². The number of rotatable bonds is 4. The smallest absolute Gasteiger partial charge is 0.409 e. The van der Waals surface area contributed by atoms with Gasteiger partial charge in [0.1, 0.15) is 11.6 Å². The van der Waals surface area contributed by atoms with E-state index >= 15 is 0 Å². The molecule has 0 unspecified atom stereocenters. The molecule has 0 aromatic heterocycles. The van der Waals surface area contributed by atoms with Crippen molar-refractivity contribution in [2.24, 2.45) is 0 Å². The number of hydrogen-bond donors (Lipinski definition) is 1. The summed E-state index contributed by atoms with van der Waals surface area (Å²) >= 11 is 6.05. The monoisotopic (exact) mass is 376 g/mol. The third kappa shape index (κ3) is 4.90. The van der Waals surface area contributed by atoms with Gasteiger partial charge in [-0.1, -0.05) is 17.7 Å². The zero-order valence-corrected chi connectivity index (χ0v) is 15.5. The second-order valence-corrected chi connectivity index (χ2v) is 6.15. The Kier molecular flexibility index (Phi) is 6.87. The van der Waals surface area contributed by atoms with E-state index in [9.17, 15) is 14.9 Å². The Bertz CT molecular complexity index is 749. The van der Waals surface area contributed by atoms with Crippen molar-refractivity contribution in [2.75, 3.05) is 38.1 Å². The molecule has 0 bridgehead atoms. The first-order chi connectivity index (χ1) is 12.5. The third-order valence-electron chi connectivity index (χ3n) is 4.03. The first-order valence-corrected chi connectivity index (χ1v) is 8.68. The number of carbonyl (C=O) groups excluding carboxylic acids is 2. The lowest BCUT2D eigenvalue weighted by molar-refractivity contribution is -0.112. The molecule has 26 heavy (non-hydrogen) atoms. The van der Waals surface area contributed by atoms with Crippen molar-refractivity contribution in [2.45, 2.75) is 13.8 Å². The molecule has 1 aliphatic heterocycles. The fourth-order valence-corrected chi connectivity index (χ4v) is 2.68. The van der Waals surface area contributed by atoms with Crippen LogP contribution in [-0.2, 0) is 9.53 Å². The summed E-state index contributed by atoms with van der Waals surface area (Å²) in [5.41, 5.74) is 1.30. The Morgan fingerprint density at radius 1 is 1.35 bits per heavy atom. The molecule has 0 saturated carbocycles. The van der Waals surface area contributed by atoms with Crippen LogP contribution >= 0.6 is 11.6 Å². The second-order valence-electron chi connectivity index (χ2n) is 5.74. The van der Waals surface area contributed by atoms with Crippen LogP contribution < -0.4 is 5.32 Å². The van der Waals surface area contributed by atoms with Crippen molar-refractivity contribution in [3.63, 3.8) is 0 Å². The molecular weight excluding hydrogens is 356 g/mol. The highest BCUT2D eigenvalue weighted by Crippen LogP contribution is 2.23. The minimum atomic E-state index is -0.495. The lowest BCUT2D eigenvalue weighted by Crippen LogP contribution is -2.47. The van der Waals surface area contributed by atoms with E-state index in [1.807, 2.05) is 11.0 Å². The highest BCUT2D eigenvalue weighted by atomic mass is 35.5. The van der Waals surface area contributed by atoms with Gasteiger partial charge in [0.05, 0.1) is 6.61 Å². The average Bonchev–Trinajstić information content (AvgIpc) is 2.64. The molecule has 138 valence electrons. The molecule has 1 aliphatic rings. The maximum absolute atomic E-state index is 12.4. The molecular formula is C18H21ClN4O3. The number of anilines is 1. The first-order valence-electron chi connectivity index (χ1n) is 8.30. The summed E-state index contributed by atoms with van der Waals surface area (Å²) in [7, 11) is 0. The van der Waals surface area contributed by atoms with Gasteiger partial charge >= 0.3 is 6.09 Å². The van der Waals surface area contributed by atoms with Gasteiger partial charge in [0.2, 0.25) is 0 Å². The van der Waals surface area contributed by atoms with Crippen LogP contribution in [0.3, 0.4) is 0 Å². The summed E-state index contributed by atoms with van der Waals surface area (Å²) in [6.45, 7) is 5.88. The van der Waals surface area contributed by atoms with Gasteiger partial charge in [-0.15, -0.1) is 0 Å². The highest BCUT2D eigenvalue weighted by Gasteiger charge is 2.21. The van der Waals surface area contributed by atoms with E-state index in [0.717, 1.165) is 5.56 Å². The fraction of sp³-hybridized carbons (Fsp3) is 0.389. The van der Waals surface area contributed by atoms with Gasteiger partial charge in [0.15, 0.2) is 0 Å². The normalized spacial score (nSPS) is 14.6. The van der Waals surface area contributed by atoms with E-state index in [2.05, 4.69) is 5.32 Å². The Morgan fingerprint density at radius 3 is 2.65 bits per heavy atom. The number of ether oxygens (including phenoxy) is 1. The minimum Gasteiger partial charge on any atom is -0.450 e. The molecule has 7 nitrogen and oxygen atoms in total. The first kappa shape index (κ1) is 19.6. The number of piperazine rings is 1. The predicted molar refractivity (Wildman–Crippen MR) is 98.7 cm³/mol. The Balaban J connectivity index is 2.00. The van der Waals surface area contributed by atoms with E-state index in [-0.39, 0.29) is 11.7 Å². The van der Waals surface area contributed by atoms with E-state index in [4.69, 9.17) is 16.3 Å². The van der Waals surface area contributed by atoms with Crippen molar-refractivity contribution in [3.8, 4) is 6.07 Å². The summed E-state index contributed by atoms with van der Waals surface area (Å²) in [5.74, 6) is -0.495. The molecule has 2 rings (SSSR count). The fourth-order valence-electron chi connectivity index (χ4n) is 2.50. The molecule has 1 N–H and O–H groups in total.